The fourth-order valence-corrected chi connectivity index (χ4v) is 4.45. The lowest BCUT2D eigenvalue weighted by Crippen LogP contribution is -2.35. The Hall–Kier alpha value is -1.41. The number of anilines is 1. The van der Waals surface area contributed by atoms with Gasteiger partial charge in [0.25, 0.3) is 10.0 Å². The average molecular weight is 338 g/mol. The van der Waals surface area contributed by atoms with Gasteiger partial charge in [-0.2, -0.15) is 0 Å². The van der Waals surface area contributed by atoms with Gasteiger partial charge in [0.05, 0.1) is 12.7 Å². The van der Waals surface area contributed by atoms with Crippen LogP contribution in [0.5, 0.6) is 0 Å². The summed E-state index contributed by atoms with van der Waals surface area (Å²) in [6.45, 7) is 2.41. The van der Waals surface area contributed by atoms with E-state index in [0.717, 1.165) is 18.7 Å². The molecule has 1 aromatic heterocycles. The van der Waals surface area contributed by atoms with Crippen molar-refractivity contribution in [3.63, 3.8) is 0 Å². The number of morpholine rings is 1. The zero-order valence-electron chi connectivity index (χ0n) is 12.2. The van der Waals surface area contributed by atoms with E-state index >= 15 is 0 Å². The van der Waals surface area contributed by atoms with Gasteiger partial charge in [-0.25, -0.2) is 8.42 Å². The van der Waals surface area contributed by atoms with E-state index < -0.39 is 10.0 Å². The van der Waals surface area contributed by atoms with E-state index in [1.54, 1.807) is 23.6 Å². The predicted octanol–water partition coefficient (Wildman–Crippen LogP) is 2.55. The Bertz CT molecular complexity index is 729. The van der Waals surface area contributed by atoms with Crippen molar-refractivity contribution in [3.8, 4) is 0 Å². The van der Waals surface area contributed by atoms with Crippen LogP contribution in [-0.4, -0.2) is 40.1 Å². The van der Waals surface area contributed by atoms with Crippen LogP contribution in [0.25, 0.3) is 0 Å². The molecule has 1 aliphatic heterocycles. The van der Waals surface area contributed by atoms with Gasteiger partial charge in [0.2, 0.25) is 0 Å². The number of ether oxygens (including phenoxy) is 1. The number of nitrogens with one attached hydrogen (secondary N) is 1. The molecule has 2 aromatic rings. The Kier molecular flexibility index (Phi) is 4.49. The summed E-state index contributed by atoms with van der Waals surface area (Å²) in [6, 6.07) is 10.7. The van der Waals surface area contributed by atoms with Crippen molar-refractivity contribution >= 4 is 27.0 Å². The summed E-state index contributed by atoms with van der Waals surface area (Å²) in [7, 11) is -1.46. The quantitative estimate of drug-likeness (QED) is 0.931. The van der Waals surface area contributed by atoms with Crippen molar-refractivity contribution in [1.29, 1.82) is 0 Å². The molecule has 1 saturated heterocycles. The fourth-order valence-electron chi connectivity index (χ4n) is 2.40. The van der Waals surface area contributed by atoms with E-state index in [4.69, 9.17) is 4.74 Å². The SMILES string of the molecule is CN1CCOC(c2cccc(NS(=O)(=O)c3cccs3)c2)C1. The highest BCUT2D eigenvalue weighted by Crippen LogP contribution is 2.26. The number of likely N-dealkylation sites (N-methyl/N-ethyl adjacent to an activating group) is 1. The second-order valence-corrected chi connectivity index (χ2v) is 8.14. The van der Waals surface area contributed by atoms with Crippen molar-refractivity contribution in [3.05, 3.63) is 47.3 Å². The molecule has 1 unspecified atom stereocenters. The lowest BCUT2D eigenvalue weighted by atomic mass is 10.1. The highest BCUT2D eigenvalue weighted by molar-refractivity contribution is 7.94. The summed E-state index contributed by atoms with van der Waals surface area (Å²) >= 11 is 1.20. The Labute approximate surface area is 134 Å². The van der Waals surface area contributed by atoms with Gasteiger partial charge in [-0.05, 0) is 36.2 Å². The third kappa shape index (κ3) is 3.49. The molecular weight excluding hydrogens is 320 g/mol. The van der Waals surface area contributed by atoms with Crippen LogP contribution in [0.2, 0.25) is 0 Å². The summed E-state index contributed by atoms with van der Waals surface area (Å²) in [6.07, 6.45) is -0.0232. The summed E-state index contributed by atoms with van der Waals surface area (Å²) in [5.41, 5.74) is 1.54. The number of rotatable bonds is 4. The Morgan fingerprint density at radius 3 is 2.91 bits per heavy atom. The Morgan fingerprint density at radius 2 is 2.18 bits per heavy atom. The van der Waals surface area contributed by atoms with E-state index in [2.05, 4.69) is 16.7 Å². The lowest BCUT2D eigenvalue weighted by Gasteiger charge is -2.30. The van der Waals surface area contributed by atoms with Gasteiger partial charge >= 0.3 is 0 Å². The zero-order chi connectivity index (χ0) is 15.6. The van der Waals surface area contributed by atoms with Gasteiger partial charge in [-0.3, -0.25) is 4.72 Å². The van der Waals surface area contributed by atoms with Gasteiger partial charge in [0.1, 0.15) is 4.21 Å². The first-order chi connectivity index (χ1) is 10.5. The molecule has 5 nitrogen and oxygen atoms in total. The smallest absolute Gasteiger partial charge is 0.271 e. The molecule has 1 aromatic carbocycles. The average Bonchev–Trinajstić information content (AvgIpc) is 3.02. The maximum atomic E-state index is 12.3. The molecule has 0 spiro atoms. The van der Waals surface area contributed by atoms with Crippen LogP contribution in [0.4, 0.5) is 5.69 Å². The lowest BCUT2D eigenvalue weighted by molar-refractivity contribution is -0.0208. The van der Waals surface area contributed by atoms with Crippen molar-refractivity contribution < 1.29 is 13.2 Å². The van der Waals surface area contributed by atoms with Crippen LogP contribution in [0.15, 0.2) is 46.0 Å². The topological polar surface area (TPSA) is 58.6 Å². The molecule has 0 saturated carbocycles. The fraction of sp³-hybridized carbons (Fsp3) is 0.333. The van der Waals surface area contributed by atoms with E-state index in [-0.39, 0.29) is 6.10 Å². The molecule has 1 atom stereocenters. The van der Waals surface area contributed by atoms with Gasteiger partial charge in [0.15, 0.2) is 0 Å². The maximum Gasteiger partial charge on any atom is 0.271 e. The van der Waals surface area contributed by atoms with Crippen LogP contribution >= 0.6 is 11.3 Å². The van der Waals surface area contributed by atoms with Gasteiger partial charge in [-0.1, -0.05) is 18.2 Å². The first-order valence-electron chi connectivity index (χ1n) is 7.01. The molecule has 0 amide bonds. The van der Waals surface area contributed by atoms with Gasteiger partial charge in [-0.15, -0.1) is 11.3 Å². The van der Waals surface area contributed by atoms with E-state index in [9.17, 15) is 8.42 Å². The summed E-state index contributed by atoms with van der Waals surface area (Å²) in [4.78, 5) is 2.21. The van der Waals surface area contributed by atoms with Crippen LogP contribution in [0.3, 0.4) is 0 Å². The molecule has 1 aliphatic rings. The number of thiophene rings is 1. The zero-order valence-corrected chi connectivity index (χ0v) is 13.9. The molecule has 7 heteroatoms. The third-order valence-corrected chi connectivity index (χ3v) is 6.32. The highest BCUT2D eigenvalue weighted by Gasteiger charge is 2.21. The minimum atomic E-state index is -3.51. The summed E-state index contributed by atoms with van der Waals surface area (Å²) in [5.74, 6) is 0. The second kappa shape index (κ2) is 6.37. The van der Waals surface area contributed by atoms with Crippen molar-refractivity contribution in [2.75, 3.05) is 31.5 Å². The number of hydrogen-bond donors (Lipinski definition) is 1. The molecule has 118 valence electrons. The highest BCUT2D eigenvalue weighted by atomic mass is 32.2. The first kappa shape index (κ1) is 15.5. The number of benzene rings is 1. The molecule has 0 radical (unpaired) electrons. The monoisotopic (exact) mass is 338 g/mol. The number of sulfonamides is 1. The Balaban J connectivity index is 1.80. The minimum Gasteiger partial charge on any atom is -0.371 e. The summed E-state index contributed by atoms with van der Waals surface area (Å²) < 4.78 is 33.2. The first-order valence-corrected chi connectivity index (χ1v) is 9.37. The van der Waals surface area contributed by atoms with E-state index in [1.165, 1.54) is 11.3 Å². The van der Waals surface area contributed by atoms with Crippen molar-refractivity contribution in [2.24, 2.45) is 0 Å². The molecule has 1 fully saturated rings. The van der Waals surface area contributed by atoms with E-state index in [1.807, 2.05) is 18.2 Å². The van der Waals surface area contributed by atoms with Gasteiger partial charge < -0.3 is 9.64 Å². The van der Waals surface area contributed by atoms with Crippen molar-refractivity contribution in [2.45, 2.75) is 10.3 Å². The second-order valence-electron chi connectivity index (χ2n) is 5.28. The molecule has 3 rings (SSSR count). The van der Waals surface area contributed by atoms with Crippen LogP contribution in [-0.2, 0) is 14.8 Å². The molecule has 0 aliphatic carbocycles. The molecule has 2 heterocycles. The van der Waals surface area contributed by atoms with Crippen LogP contribution in [0.1, 0.15) is 11.7 Å². The largest absolute Gasteiger partial charge is 0.371 e. The van der Waals surface area contributed by atoms with Crippen molar-refractivity contribution in [1.82, 2.24) is 4.90 Å². The molecule has 1 N–H and O–H groups in total. The minimum absolute atomic E-state index is 0.0232. The summed E-state index contributed by atoms with van der Waals surface area (Å²) in [5, 5.41) is 1.75. The predicted molar refractivity (Wildman–Crippen MR) is 87.8 cm³/mol. The maximum absolute atomic E-state index is 12.3. The molecule has 22 heavy (non-hydrogen) atoms. The van der Waals surface area contributed by atoms with Gasteiger partial charge in [0, 0.05) is 18.8 Å². The normalized spacial score (nSPS) is 20.0. The molecular formula is C15H18N2O3S2. The Morgan fingerprint density at radius 1 is 1.32 bits per heavy atom. The van der Waals surface area contributed by atoms with Crippen LogP contribution in [0, 0.1) is 0 Å². The van der Waals surface area contributed by atoms with Crippen LogP contribution < -0.4 is 4.72 Å². The van der Waals surface area contributed by atoms with E-state index in [0.29, 0.717) is 16.5 Å². The number of nitrogens with zero attached hydrogens (tertiary/aromatic N) is 1. The molecule has 0 bridgehead atoms. The third-order valence-electron chi connectivity index (χ3n) is 3.54. The standard InChI is InChI=1S/C15H18N2O3S2/c1-17-7-8-20-14(11-17)12-4-2-5-13(10-12)16-22(18,19)15-6-3-9-21-15/h2-6,9-10,14,16H,7-8,11H2,1H3. The number of hydrogen-bond acceptors (Lipinski definition) is 5.